The second kappa shape index (κ2) is 9.68. The van der Waals surface area contributed by atoms with Gasteiger partial charge < -0.3 is 14.8 Å². The minimum absolute atomic E-state index is 0.00998. The van der Waals surface area contributed by atoms with Crippen molar-refractivity contribution in [3.8, 4) is 11.5 Å². The van der Waals surface area contributed by atoms with E-state index in [1.807, 2.05) is 13.0 Å². The van der Waals surface area contributed by atoms with Crippen LogP contribution in [0.4, 0.5) is 11.4 Å². The van der Waals surface area contributed by atoms with Crippen molar-refractivity contribution in [2.45, 2.75) is 11.8 Å². The third-order valence-electron chi connectivity index (χ3n) is 4.49. The maximum absolute atomic E-state index is 13.0. The third kappa shape index (κ3) is 5.27. The molecule has 0 fully saturated rings. The van der Waals surface area contributed by atoms with Gasteiger partial charge in [-0.2, -0.15) is 0 Å². The molecule has 0 unspecified atom stereocenters. The Morgan fingerprint density at radius 2 is 1.62 bits per heavy atom. The monoisotopic (exact) mass is 494 g/mol. The molecule has 3 aromatic carbocycles. The molecule has 0 aliphatic rings. The van der Waals surface area contributed by atoms with E-state index in [0.29, 0.717) is 11.4 Å². The maximum atomic E-state index is 13.0. The summed E-state index contributed by atoms with van der Waals surface area (Å²) in [5.74, 6) is -0.00279. The fourth-order valence-electron chi connectivity index (χ4n) is 2.91. The summed E-state index contributed by atoms with van der Waals surface area (Å²) in [7, 11) is -1.29. The topological polar surface area (TPSA) is 93.7 Å². The number of sulfonamides is 1. The van der Waals surface area contributed by atoms with Gasteiger partial charge in [0, 0.05) is 11.8 Å². The highest BCUT2D eigenvalue weighted by molar-refractivity contribution is 7.92. The number of halogens is 2. The summed E-state index contributed by atoms with van der Waals surface area (Å²) in [6.45, 7) is 1.89. The first kappa shape index (κ1) is 23.7. The molecule has 0 spiro atoms. The van der Waals surface area contributed by atoms with Crippen molar-refractivity contribution in [2.75, 3.05) is 24.3 Å². The molecule has 1 amide bonds. The predicted octanol–water partition coefficient (Wildman–Crippen LogP) is 5.37. The molecule has 0 atom stereocenters. The number of hydrogen-bond donors (Lipinski definition) is 2. The van der Waals surface area contributed by atoms with Crippen LogP contribution >= 0.6 is 23.2 Å². The molecule has 0 saturated heterocycles. The average Bonchev–Trinajstić information content (AvgIpc) is 2.73. The van der Waals surface area contributed by atoms with Crippen molar-refractivity contribution < 1.29 is 22.7 Å². The number of aryl methyl sites for hydroxylation is 1. The molecule has 10 heteroatoms. The van der Waals surface area contributed by atoms with Gasteiger partial charge in [-0.15, -0.1) is 0 Å². The summed E-state index contributed by atoms with van der Waals surface area (Å²) in [6, 6.07) is 13.9. The van der Waals surface area contributed by atoms with Crippen LogP contribution in [0.15, 0.2) is 59.5 Å². The highest BCUT2D eigenvalue weighted by Crippen LogP contribution is 2.37. The molecule has 3 rings (SSSR count). The van der Waals surface area contributed by atoms with Crippen LogP contribution in [0.1, 0.15) is 15.9 Å². The lowest BCUT2D eigenvalue weighted by molar-refractivity contribution is 0.102. The smallest absolute Gasteiger partial charge is 0.262 e. The lowest BCUT2D eigenvalue weighted by Crippen LogP contribution is -2.17. The molecule has 0 saturated carbocycles. The van der Waals surface area contributed by atoms with Crippen molar-refractivity contribution in [1.29, 1.82) is 0 Å². The SMILES string of the molecule is COc1cc(OC)c(NS(=O)(=O)c2ccc(Cl)c(C(=O)Nc3cccc(C)c3)c2)cc1Cl. The minimum atomic E-state index is -4.10. The molecule has 0 bridgehead atoms. The maximum Gasteiger partial charge on any atom is 0.262 e. The Hall–Kier alpha value is -2.94. The van der Waals surface area contributed by atoms with E-state index in [1.165, 1.54) is 44.6 Å². The predicted molar refractivity (Wildman–Crippen MR) is 126 cm³/mol. The molecular weight excluding hydrogens is 475 g/mol. The Bertz CT molecular complexity index is 1280. The number of carbonyl (C=O) groups excluding carboxylic acids is 1. The molecule has 2 N–H and O–H groups in total. The van der Waals surface area contributed by atoms with Crippen LogP contribution in [0.3, 0.4) is 0 Å². The van der Waals surface area contributed by atoms with Crippen molar-refractivity contribution >= 4 is 50.5 Å². The Morgan fingerprint density at radius 1 is 0.906 bits per heavy atom. The molecule has 0 aliphatic carbocycles. The van der Waals surface area contributed by atoms with Gasteiger partial charge in [0.1, 0.15) is 11.5 Å². The molecule has 7 nitrogen and oxygen atoms in total. The van der Waals surface area contributed by atoms with E-state index in [0.717, 1.165) is 5.56 Å². The van der Waals surface area contributed by atoms with Gasteiger partial charge in [0.15, 0.2) is 0 Å². The number of nitrogens with one attached hydrogen (secondary N) is 2. The number of hydrogen-bond acceptors (Lipinski definition) is 5. The summed E-state index contributed by atoms with van der Waals surface area (Å²) < 4.78 is 38.8. The van der Waals surface area contributed by atoms with E-state index < -0.39 is 15.9 Å². The molecule has 32 heavy (non-hydrogen) atoms. The van der Waals surface area contributed by atoms with Crippen molar-refractivity contribution in [3.63, 3.8) is 0 Å². The zero-order valence-corrected chi connectivity index (χ0v) is 19.7. The highest BCUT2D eigenvalue weighted by Gasteiger charge is 2.21. The first-order chi connectivity index (χ1) is 15.1. The van der Waals surface area contributed by atoms with Gasteiger partial charge in [-0.3, -0.25) is 9.52 Å². The third-order valence-corrected chi connectivity index (χ3v) is 6.48. The molecule has 0 aliphatic heterocycles. The number of methoxy groups -OCH3 is 2. The van der Waals surface area contributed by atoms with E-state index in [9.17, 15) is 13.2 Å². The van der Waals surface area contributed by atoms with Crippen molar-refractivity contribution in [3.05, 3.63) is 75.8 Å². The van der Waals surface area contributed by atoms with Gasteiger partial charge in [0.2, 0.25) is 0 Å². The van der Waals surface area contributed by atoms with E-state index in [1.54, 1.807) is 18.2 Å². The lowest BCUT2D eigenvalue weighted by Gasteiger charge is -2.15. The van der Waals surface area contributed by atoms with Crippen LogP contribution in [0.2, 0.25) is 10.0 Å². The van der Waals surface area contributed by atoms with Crippen LogP contribution in [-0.2, 0) is 10.0 Å². The fraction of sp³-hybridized carbons (Fsp3) is 0.136. The summed E-state index contributed by atoms with van der Waals surface area (Å²) in [5, 5.41) is 3.02. The van der Waals surface area contributed by atoms with Crippen molar-refractivity contribution in [1.82, 2.24) is 0 Å². The van der Waals surface area contributed by atoms with Gasteiger partial charge in [-0.05, 0) is 48.9 Å². The van der Waals surface area contributed by atoms with Crippen LogP contribution in [0, 0.1) is 6.92 Å². The Morgan fingerprint density at radius 3 is 2.28 bits per heavy atom. The summed E-state index contributed by atoms with van der Waals surface area (Å²) in [4.78, 5) is 12.6. The van der Waals surface area contributed by atoms with E-state index in [-0.39, 0.29) is 31.9 Å². The largest absolute Gasteiger partial charge is 0.495 e. The minimum Gasteiger partial charge on any atom is -0.495 e. The molecule has 0 aromatic heterocycles. The first-order valence-electron chi connectivity index (χ1n) is 9.26. The Kier molecular flexibility index (Phi) is 7.18. The van der Waals surface area contributed by atoms with E-state index in [2.05, 4.69) is 10.0 Å². The second-order valence-electron chi connectivity index (χ2n) is 6.76. The number of ether oxygens (including phenoxy) is 2. The normalized spacial score (nSPS) is 11.0. The second-order valence-corrected chi connectivity index (χ2v) is 9.25. The van der Waals surface area contributed by atoms with Crippen LogP contribution in [0.25, 0.3) is 0 Å². The van der Waals surface area contributed by atoms with Crippen LogP contribution in [-0.4, -0.2) is 28.5 Å². The van der Waals surface area contributed by atoms with E-state index in [4.69, 9.17) is 32.7 Å². The number of carbonyl (C=O) groups is 1. The van der Waals surface area contributed by atoms with Gasteiger partial charge in [-0.1, -0.05) is 35.3 Å². The Balaban J connectivity index is 1.93. The average molecular weight is 495 g/mol. The van der Waals surface area contributed by atoms with E-state index >= 15 is 0 Å². The molecule has 3 aromatic rings. The quantitative estimate of drug-likeness (QED) is 0.460. The number of amides is 1. The first-order valence-corrected chi connectivity index (χ1v) is 11.5. The standard InChI is InChI=1S/C22H20Cl2N2O5S/c1-13-5-4-6-14(9-13)25-22(27)16-10-15(7-8-17(16)23)32(28,29)26-19-11-18(24)20(30-2)12-21(19)31-3/h4-12,26H,1-3H3,(H,25,27). The summed E-state index contributed by atoms with van der Waals surface area (Å²) in [5.41, 5.74) is 1.64. The Labute approximate surface area is 196 Å². The molecule has 168 valence electrons. The molecule has 0 radical (unpaired) electrons. The summed E-state index contributed by atoms with van der Waals surface area (Å²) >= 11 is 12.3. The number of rotatable bonds is 7. The van der Waals surface area contributed by atoms with Gasteiger partial charge >= 0.3 is 0 Å². The lowest BCUT2D eigenvalue weighted by atomic mass is 10.2. The summed E-state index contributed by atoms with van der Waals surface area (Å²) in [6.07, 6.45) is 0. The highest BCUT2D eigenvalue weighted by atomic mass is 35.5. The zero-order chi connectivity index (χ0) is 23.5. The molecular formula is C22H20Cl2N2O5S. The van der Waals surface area contributed by atoms with Gasteiger partial charge in [0.05, 0.1) is 40.4 Å². The van der Waals surface area contributed by atoms with Gasteiger partial charge in [0.25, 0.3) is 15.9 Å². The van der Waals surface area contributed by atoms with Crippen LogP contribution < -0.4 is 19.5 Å². The van der Waals surface area contributed by atoms with Crippen molar-refractivity contribution in [2.24, 2.45) is 0 Å². The van der Waals surface area contributed by atoms with Crippen LogP contribution in [0.5, 0.6) is 11.5 Å². The number of anilines is 2. The number of benzene rings is 3. The zero-order valence-electron chi connectivity index (χ0n) is 17.4. The molecule has 0 heterocycles. The van der Waals surface area contributed by atoms with Gasteiger partial charge in [-0.25, -0.2) is 8.42 Å². The fourth-order valence-corrected chi connectivity index (χ4v) is 4.44.